The monoisotopic (exact) mass is 541 g/mol. The Balaban J connectivity index is 1.67. The normalized spacial score (nSPS) is 19.4. The van der Waals surface area contributed by atoms with Crippen molar-refractivity contribution in [2.24, 2.45) is 5.92 Å². The number of fused-ring (bicyclic) bond motifs is 1. The molecule has 3 heterocycles. The highest BCUT2D eigenvalue weighted by Crippen LogP contribution is 2.29. The molecule has 3 aromatic rings. The minimum absolute atomic E-state index is 0.0771. The molecule has 0 bridgehead atoms. The van der Waals surface area contributed by atoms with Gasteiger partial charge in [-0.3, -0.25) is 4.79 Å². The summed E-state index contributed by atoms with van der Waals surface area (Å²) < 4.78 is 33.8. The molecule has 8 nitrogen and oxygen atoms in total. The van der Waals surface area contributed by atoms with Crippen molar-refractivity contribution in [3.8, 4) is 5.88 Å². The number of aromatic nitrogens is 1. The van der Waals surface area contributed by atoms with E-state index in [1.54, 1.807) is 41.6 Å². The predicted octanol–water partition coefficient (Wildman–Crippen LogP) is 3.85. The van der Waals surface area contributed by atoms with E-state index in [1.807, 2.05) is 49.4 Å². The summed E-state index contributed by atoms with van der Waals surface area (Å²) in [6, 6.07) is 14.3. The van der Waals surface area contributed by atoms with Gasteiger partial charge in [0.15, 0.2) is 0 Å². The molecule has 1 amide bonds. The molecule has 0 aliphatic carbocycles. The van der Waals surface area contributed by atoms with Crippen LogP contribution in [0.1, 0.15) is 35.3 Å². The molecule has 0 spiro atoms. The van der Waals surface area contributed by atoms with Crippen molar-refractivity contribution < 1.29 is 23.1 Å². The number of hydrogen-bond acceptors (Lipinski definition) is 7. The molecule has 0 radical (unpaired) electrons. The number of ether oxygens (including phenoxy) is 1. The zero-order valence-electron chi connectivity index (χ0n) is 21.0. The molecule has 1 aromatic carbocycles. The largest absolute Gasteiger partial charge is 0.472 e. The van der Waals surface area contributed by atoms with Crippen LogP contribution < -0.4 is 4.74 Å². The number of rotatable bonds is 8. The SMILES string of the molecule is C[C@@H]1CN([C@H](C)CO)C(=O)c2cc(/C=C/c3ccccc3)cnc2O[C@H]1CN(C)S(=O)(=O)c1cccs1. The summed E-state index contributed by atoms with van der Waals surface area (Å²) >= 11 is 1.16. The average Bonchev–Trinajstić information content (AvgIpc) is 3.46. The van der Waals surface area contributed by atoms with Crippen molar-refractivity contribution in [3.63, 3.8) is 0 Å². The van der Waals surface area contributed by atoms with Crippen LogP contribution in [0.4, 0.5) is 0 Å². The smallest absolute Gasteiger partial charge is 0.259 e. The molecular weight excluding hydrogens is 510 g/mol. The van der Waals surface area contributed by atoms with Crippen LogP contribution in [-0.2, 0) is 10.0 Å². The van der Waals surface area contributed by atoms with Crippen molar-refractivity contribution in [1.29, 1.82) is 0 Å². The van der Waals surface area contributed by atoms with E-state index in [9.17, 15) is 18.3 Å². The van der Waals surface area contributed by atoms with Crippen LogP contribution in [0.3, 0.4) is 0 Å². The van der Waals surface area contributed by atoms with Crippen molar-refractivity contribution in [2.45, 2.75) is 30.2 Å². The zero-order valence-corrected chi connectivity index (χ0v) is 22.7. The fourth-order valence-electron chi connectivity index (χ4n) is 4.10. The number of sulfonamides is 1. The maximum Gasteiger partial charge on any atom is 0.259 e. The number of benzene rings is 1. The summed E-state index contributed by atoms with van der Waals surface area (Å²) in [7, 11) is -2.16. The molecule has 37 heavy (non-hydrogen) atoms. The first-order valence-electron chi connectivity index (χ1n) is 12.0. The van der Waals surface area contributed by atoms with E-state index in [1.165, 1.54) is 11.4 Å². The number of amides is 1. The highest BCUT2D eigenvalue weighted by atomic mass is 32.2. The van der Waals surface area contributed by atoms with Gasteiger partial charge in [0, 0.05) is 25.7 Å². The third-order valence-corrected chi connectivity index (χ3v) is 9.60. The maximum absolute atomic E-state index is 13.6. The van der Waals surface area contributed by atoms with Gasteiger partial charge in [0.05, 0.1) is 19.2 Å². The molecule has 4 rings (SSSR count). The summed E-state index contributed by atoms with van der Waals surface area (Å²) in [4.78, 5) is 19.6. The Kier molecular flexibility index (Phi) is 8.43. The van der Waals surface area contributed by atoms with Crippen LogP contribution in [0.25, 0.3) is 12.2 Å². The fourth-order valence-corrected chi connectivity index (χ4v) is 6.48. The van der Waals surface area contributed by atoms with Gasteiger partial charge in [-0.15, -0.1) is 11.3 Å². The van der Waals surface area contributed by atoms with Gasteiger partial charge in [-0.2, -0.15) is 4.31 Å². The quantitative estimate of drug-likeness (QED) is 0.465. The average molecular weight is 542 g/mol. The molecule has 0 saturated heterocycles. The van der Waals surface area contributed by atoms with Crippen molar-refractivity contribution in [3.05, 3.63) is 76.8 Å². The molecule has 10 heteroatoms. The van der Waals surface area contributed by atoms with Crippen molar-refractivity contribution in [2.75, 3.05) is 26.7 Å². The topological polar surface area (TPSA) is 100 Å². The van der Waals surface area contributed by atoms with E-state index < -0.39 is 22.2 Å². The number of aliphatic hydroxyl groups excluding tert-OH is 1. The number of hydrogen-bond donors (Lipinski definition) is 1. The Morgan fingerprint density at radius 3 is 2.62 bits per heavy atom. The van der Waals surface area contributed by atoms with Gasteiger partial charge in [0.25, 0.3) is 15.9 Å². The first-order valence-corrected chi connectivity index (χ1v) is 14.3. The first-order chi connectivity index (χ1) is 17.7. The van der Waals surface area contributed by atoms with Gasteiger partial charge in [0.1, 0.15) is 15.9 Å². The Bertz CT molecular complexity index is 1340. The Morgan fingerprint density at radius 1 is 1.22 bits per heavy atom. The second-order valence-corrected chi connectivity index (χ2v) is 12.4. The van der Waals surface area contributed by atoms with E-state index in [0.29, 0.717) is 6.54 Å². The molecule has 1 aliphatic rings. The number of aliphatic hydroxyl groups is 1. The number of carbonyl (C=O) groups is 1. The lowest BCUT2D eigenvalue weighted by atomic mass is 10.00. The third-order valence-electron chi connectivity index (χ3n) is 6.41. The first kappa shape index (κ1) is 27.0. The summed E-state index contributed by atoms with van der Waals surface area (Å²) in [5.74, 6) is -0.370. The van der Waals surface area contributed by atoms with Gasteiger partial charge >= 0.3 is 0 Å². The molecule has 1 aliphatic heterocycles. The Morgan fingerprint density at radius 2 is 1.95 bits per heavy atom. The zero-order chi connectivity index (χ0) is 26.6. The lowest BCUT2D eigenvalue weighted by Gasteiger charge is -2.37. The summed E-state index contributed by atoms with van der Waals surface area (Å²) in [5.41, 5.74) is 2.01. The summed E-state index contributed by atoms with van der Waals surface area (Å²) in [6.45, 7) is 3.85. The fraction of sp³-hybridized carbons (Fsp3) is 0.333. The third kappa shape index (κ3) is 6.10. The minimum Gasteiger partial charge on any atom is -0.472 e. The van der Waals surface area contributed by atoms with E-state index in [0.717, 1.165) is 22.5 Å². The van der Waals surface area contributed by atoms with E-state index >= 15 is 0 Å². The van der Waals surface area contributed by atoms with Crippen LogP contribution in [-0.4, -0.2) is 72.5 Å². The van der Waals surface area contributed by atoms with Crippen LogP contribution in [0.15, 0.2) is 64.3 Å². The van der Waals surface area contributed by atoms with E-state index in [4.69, 9.17) is 4.74 Å². The van der Waals surface area contributed by atoms with Gasteiger partial charge in [-0.25, -0.2) is 13.4 Å². The summed E-state index contributed by atoms with van der Waals surface area (Å²) in [6.07, 6.45) is 4.86. The number of thiophene rings is 1. The molecule has 2 aromatic heterocycles. The van der Waals surface area contributed by atoms with Gasteiger partial charge < -0.3 is 14.7 Å². The molecular formula is C27H31N3O5S2. The molecule has 196 valence electrons. The number of likely N-dealkylation sites (N-methyl/N-ethyl adjacent to an activating group) is 1. The Labute approximate surface area is 221 Å². The standard InChI is InChI=1S/C27H31N3O5S2/c1-19-16-30(20(2)18-31)27(32)23-14-22(12-11-21-8-5-4-6-9-21)15-28-26(23)35-24(19)17-29(3)37(33,34)25-10-7-13-36-25/h4-15,19-20,24,31H,16-18H2,1-3H3/b12-11+/t19-,20-,24+/m1/s1. The van der Waals surface area contributed by atoms with Gasteiger partial charge in [-0.05, 0) is 35.6 Å². The van der Waals surface area contributed by atoms with Crippen LogP contribution in [0.2, 0.25) is 0 Å². The van der Waals surface area contributed by atoms with E-state index in [2.05, 4.69) is 4.98 Å². The van der Waals surface area contributed by atoms with Crippen LogP contribution in [0, 0.1) is 5.92 Å². The van der Waals surface area contributed by atoms with Crippen molar-refractivity contribution in [1.82, 2.24) is 14.2 Å². The second-order valence-electron chi connectivity index (χ2n) is 9.21. The Hall–Kier alpha value is -3.05. The number of nitrogens with zero attached hydrogens (tertiary/aromatic N) is 3. The number of carbonyl (C=O) groups excluding carboxylic acids is 1. The second kappa shape index (κ2) is 11.6. The molecule has 1 N–H and O–H groups in total. The predicted molar refractivity (Wildman–Crippen MR) is 145 cm³/mol. The summed E-state index contributed by atoms with van der Waals surface area (Å²) in [5, 5.41) is 11.6. The highest BCUT2D eigenvalue weighted by molar-refractivity contribution is 7.91. The van der Waals surface area contributed by atoms with Gasteiger partial charge in [0.2, 0.25) is 5.88 Å². The molecule has 0 unspecified atom stereocenters. The minimum atomic E-state index is -3.68. The van der Waals surface area contributed by atoms with E-state index in [-0.39, 0.29) is 40.6 Å². The van der Waals surface area contributed by atoms with Crippen LogP contribution >= 0.6 is 11.3 Å². The van der Waals surface area contributed by atoms with Crippen LogP contribution in [0.5, 0.6) is 5.88 Å². The maximum atomic E-state index is 13.6. The molecule has 0 fully saturated rings. The molecule has 3 atom stereocenters. The molecule has 0 saturated carbocycles. The number of pyridine rings is 1. The van der Waals surface area contributed by atoms with Gasteiger partial charge in [-0.1, -0.05) is 55.5 Å². The van der Waals surface area contributed by atoms with Crippen molar-refractivity contribution >= 4 is 39.4 Å². The lowest BCUT2D eigenvalue weighted by molar-refractivity contribution is 0.0373. The lowest BCUT2D eigenvalue weighted by Crippen LogP contribution is -2.50. The highest BCUT2D eigenvalue weighted by Gasteiger charge is 2.36.